The number of hydrogen-bond acceptors (Lipinski definition) is 5. The standard InChI is InChI=1S/C26H23N3O3/c1-30-23-8-4-2-6-19(23)25-27-21-16-17(26-28-20-7-3-5-9-24(20)32-26)10-11-22(21)29(25)18-12-14-31-15-13-18/h2-11,16,18H,12-15H2,1H3. The number of imidazole rings is 1. The lowest BCUT2D eigenvalue weighted by Crippen LogP contribution is -2.20. The monoisotopic (exact) mass is 425 g/mol. The third-order valence-electron chi connectivity index (χ3n) is 6.13. The topological polar surface area (TPSA) is 62.3 Å². The quantitative estimate of drug-likeness (QED) is 0.360. The van der Waals surface area contributed by atoms with E-state index >= 15 is 0 Å². The molecule has 3 aromatic carbocycles. The number of methoxy groups -OCH3 is 1. The Kier molecular flexibility index (Phi) is 4.65. The van der Waals surface area contributed by atoms with E-state index in [1.54, 1.807) is 7.11 Å². The Balaban J connectivity index is 1.54. The highest BCUT2D eigenvalue weighted by molar-refractivity contribution is 5.86. The van der Waals surface area contributed by atoms with E-state index in [9.17, 15) is 0 Å². The van der Waals surface area contributed by atoms with Crippen LogP contribution in [0.15, 0.2) is 71.1 Å². The molecule has 0 radical (unpaired) electrons. The molecule has 0 spiro atoms. The van der Waals surface area contributed by atoms with E-state index in [4.69, 9.17) is 18.9 Å². The maximum absolute atomic E-state index is 6.00. The molecule has 5 aromatic rings. The van der Waals surface area contributed by atoms with Crippen LogP contribution < -0.4 is 4.74 Å². The number of ether oxygens (including phenoxy) is 2. The molecule has 2 aromatic heterocycles. The van der Waals surface area contributed by atoms with Gasteiger partial charge in [0.2, 0.25) is 5.89 Å². The molecule has 0 amide bonds. The van der Waals surface area contributed by atoms with E-state index in [-0.39, 0.29) is 0 Å². The van der Waals surface area contributed by atoms with Crippen molar-refractivity contribution in [3.8, 4) is 28.6 Å². The molecule has 6 nitrogen and oxygen atoms in total. The van der Waals surface area contributed by atoms with E-state index in [1.165, 1.54) is 0 Å². The summed E-state index contributed by atoms with van der Waals surface area (Å²) in [6.45, 7) is 1.52. The number of hydrogen-bond donors (Lipinski definition) is 0. The lowest BCUT2D eigenvalue weighted by atomic mass is 10.1. The first-order chi connectivity index (χ1) is 15.8. The summed E-state index contributed by atoms with van der Waals surface area (Å²) in [6, 6.07) is 22.4. The van der Waals surface area contributed by atoms with E-state index in [0.29, 0.717) is 11.9 Å². The fraction of sp³-hybridized carbons (Fsp3) is 0.231. The Morgan fingerprint density at radius 2 is 1.72 bits per heavy atom. The first kappa shape index (κ1) is 19.1. The molecule has 6 heteroatoms. The Bertz CT molecular complexity index is 1380. The van der Waals surface area contributed by atoms with Gasteiger partial charge in [-0.2, -0.15) is 0 Å². The third kappa shape index (κ3) is 3.15. The molecule has 0 unspecified atom stereocenters. The molecule has 1 aliphatic rings. The fourth-order valence-electron chi connectivity index (χ4n) is 4.56. The van der Waals surface area contributed by atoms with Gasteiger partial charge < -0.3 is 18.5 Å². The van der Waals surface area contributed by atoms with E-state index in [2.05, 4.69) is 33.8 Å². The smallest absolute Gasteiger partial charge is 0.227 e. The van der Waals surface area contributed by atoms with Gasteiger partial charge in [0.1, 0.15) is 17.1 Å². The molecule has 0 N–H and O–H groups in total. The van der Waals surface area contributed by atoms with Gasteiger partial charge in [-0.1, -0.05) is 24.3 Å². The second-order valence-electron chi connectivity index (χ2n) is 8.04. The maximum atomic E-state index is 6.00. The summed E-state index contributed by atoms with van der Waals surface area (Å²) in [5.41, 5.74) is 5.54. The number of benzene rings is 3. The SMILES string of the molecule is COc1ccccc1-c1nc2cc(-c3nc4ccccc4o3)ccc2n1C1CCOCC1. The molecule has 0 atom stereocenters. The third-order valence-corrected chi connectivity index (χ3v) is 6.13. The van der Waals surface area contributed by atoms with Gasteiger partial charge in [0.15, 0.2) is 5.58 Å². The zero-order valence-electron chi connectivity index (χ0n) is 17.8. The summed E-state index contributed by atoms with van der Waals surface area (Å²) in [4.78, 5) is 9.74. The van der Waals surface area contributed by atoms with Crippen LogP contribution in [0.3, 0.4) is 0 Å². The van der Waals surface area contributed by atoms with Crippen LogP contribution >= 0.6 is 0 Å². The fourth-order valence-corrected chi connectivity index (χ4v) is 4.56. The molecule has 0 saturated carbocycles. The summed E-state index contributed by atoms with van der Waals surface area (Å²) >= 11 is 0. The Morgan fingerprint density at radius 3 is 2.56 bits per heavy atom. The zero-order chi connectivity index (χ0) is 21.5. The van der Waals surface area contributed by atoms with Gasteiger partial charge in [0, 0.05) is 24.8 Å². The second-order valence-corrected chi connectivity index (χ2v) is 8.04. The van der Waals surface area contributed by atoms with Gasteiger partial charge in [-0.15, -0.1) is 0 Å². The normalized spacial score (nSPS) is 14.9. The molecule has 0 bridgehead atoms. The Hall–Kier alpha value is -3.64. The highest BCUT2D eigenvalue weighted by Gasteiger charge is 2.24. The highest BCUT2D eigenvalue weighted by atomic mass is 16.5. The van der Waals surface area contributed by atoms with Crippen molar-refractivity contribution >= 4 is 22.1 Å². The zero-order valence-corrected chi connectivity index (χ0v) is 17.8. The number of para-hydroxylation sites is 3. The minimum atomic E-state index is 0.323. The van der Waals surface area contributed by atoms with Crippen LogP contribution in [0.2, 0.25) is 0 Å². The first-order valence-electron chi connectivity index (χ1n) is 10.9. The van der Waals surface area contributed by atoms with Crippen molar-refractivity contribution in [1.82, 2.24) is 14.5 Å². The summed E-state index contributed by atoms with van der Waals surface area (Å²) in [5, 5.41) is 0. The van der Waals surface area contributed by atoms with Crippen molar-refractivity contribution in [3.05, 3.63) is 66.7 Å². The average Bonchev–Trinajstić information content (AvgIpc) is 3.45. The summed E-state index contributed by atoms with van der Waals surface area (Å²) in [6.07, 6.45) is 1.92. The van der Waals surface area contributed by atoms with Crippen LogP contribution in [-0.2, 0) is 4.74 Å². The molecule has 1 aliphatic heterocycles. The van der Waals surface area contributed by atoms with E-state index in [1.807, 2.05) is 42.5 Å². The Labute approximate surface area is 185 Å². The molecule has 3 heterocycles. The Morgan fingerprint density at radius 1 is 0.906 bits per heavy atom. The number of oxazole rings is 1. The van der Waals surface area contributed by atoms with Crippen LogP contribution in [-0.4, -0.2) is 34.9 Å². The lowest BCUT2D eigenvalue weighted by molar-refractivity contribution is 0.0710. The van der Waals surface area contributed by atoms with Crippen LogP contribution in [0.1, 0.15) is 18.9 Å². The highest BCUT2D eigenvalue weighted by Crippen LogP contribution is 2.37. The second kappa shape index (κ2) is 7.80. The van der Waals surface area contributed by atoms with Crippen molar-refractivity contribution in [2.75, 3.05) is 20.3 Å². The molecule has 1 fully saturated rings. The molecule has 6 rings (SSSR count). The van der Waals surface area contributed by atoms with Gasteiger partial charge in [-0.05, 0) is 55.3 Å². The van der Waals surface area contributed by atoms with E-state index in [0.717, 1.165) is 70.9 Å². The molecule has 1 saturated heterocycles. The predicted molar refractivity (Wildman–Crippen MR) is 124 cm³/mol. The van der Waals surface area contributed by atoms with Crippen molar-refractivity contribution in [2.45, 2.75) is 18.9 Å². The van der Waals surface area contributed by atoms with Crippen LogP contribution in [0.4, 0.5) is 0 Å². The molecule has 32 heavy (non-hydrogen) atoms. The minimum Gasteiger partial charge on any atom is -0.496 e. The average molecular weight is 425 g/mol. The van der Waals surface area contributed by atoms with Crippen molar-refractivity contribution in [3.63, 3.8) is 0 Å². The van der Waals surface area contributed by atoms with Crippen molar-refractivity contribution < 1.29 is 13.9 Å². The number of rotatable bonds is 4. The van der Waals surface area contributed by atoms with Crippen molar-refractivity contribution in [1.29, 1.82) is 0 Å². The first-order valence-corrected chi connectivity index (χ1v) is 10.9. The summed E-state index contributed by atoms with van der Waals surface area (Å²) in [5.74, 6) is 2.34. The lowest BCUT2D eigenvalue weighted by Gasteiger charge is -2.26. The molecule has 160 valence electrons. The predicted octanol–water partition coefficient (Wildman–Crippen LogP) is 5.87. The van der Waals surface area contributed by atoms with Crippen molar-refractivity contribution in [2.24, 2.45) is 0 Å². The van der Waals surface area contributed by atoms with E-state index < -0.39 is 0 Å². The minimum absolute atomic E-state index is 0.323. The molecule has 0 aliphatic carbocycles. The van der Waals surface area contributed by atoms with Crippen LogP contribution in [0.5, 0.6) is 5.75 Å². The maximum Gasteiger partial charge on any atom is 0.227 e. The van der Waals surface area contributed by atoms with Crippen LogP contribution in [0.25, 0.3) is 45.0 Å². The summed E-state index contributed by atoms with van der Waals surface area (Å²) in [7, 11) is 1.70. The van der Waals surface area contributed by atoms with Gasteiger partial charge >= 0.3 is 0 Å². The van der Waals surface area contributed by atoms with Crippen LogP contribution in [0, 0.1) is 0 Å². The number of aromatic nitrogens is 3. The largest absolute Gasteiger partial charge is 0.496 e. The van der Waals surface area contributed by atoms with Gasteiger partial charge in [-0.25, -0.2) is 9.97 Å². The van der Waals surface area contributed by atoms with Gasteiger partial charge in [0.25, 0.3) is 0 Å². The van der Waals surface area contributed by atoms with Gasteiger partial charge in [0.05, 0.1) is 23.7 Å². The molecular weight excluding hydrogens is 402 g/mol. The number of nitrogens with zero attached hydrogens (tertiary/aromatic N) is 3. The number of fused-ring (bicyclic) bond motifs is 2. The van der Waals surface area contributed by atoms with Gasteiger partial charge in [-0.3, -0.25) is 0 Å². The summed E-state index contributed by atoms with van der Waals surface area (Å²) < 4.78 is 19.6. The molecular formula is C26H23N3O3.